The van der Waals surface area contributed by atoms with Crippen LogP contribution in [0.15, 0.2) is 47.1 Å². The third kappa shape index (κ3) is 6.69. The van der Waals surface area contributed by atoms with Crippen molar-refractivity contribution in [1.29, 1.82) is 0 Å². The van der Waals surface area contributed by atoms with Crippen molar-refractivity contribution in [2.45, 2.75) is 63.1 Å². The summed E-state index contributed by atoms with van der Waals surface area (Å²) in [6.07, 6.45) is 7.81. The lowest BCUT2D eigenvalue weighted by molar-refractivity contribution is -0.142. The Hall–Kier alpha value is -3.20. The smallest absolute Gasteiger partial charge is 0.287 e. The van der Waals surface area contributed by atoms with Crippen molar-refractivity contribution in [1.82, 2.24) is 15.5 Å². The molecule has 9 heteroatoms. The molecule has 2 atom stereocenters. The predicted octanol–water partition coefficient (Wildman–Crippen LogP) is 3.35. The number of furan rings is 1. The van der Waals surface area contributed by atoms with Gasteiger partial charge in [0.1, 0.15) is 11.9 Å². The number of rotatable bonds is 9. The van der Waals surface area contributed by atoms with E-state index in [0.717, 1.165) is 44.9 Å². The minimum absolute atomic E-state index is 0.0394. The average molecular weight is 486 g/mol. The molecule has 1 saturated heterocycles. The highest BCUT2D eigenvalue weighted by Gasteiger charge is 2.35. The average Bonchev–Trinajstić information content (AvgIpc) is 3.58. The maximum atomic E-state index is 13.7. The summed E-state index contributed by atoms with van der Waals surface area (Å²) in [7, 11) is 0. The Morgan fingerprint density at radius 1 is 1.03 bits per heavy atom. The van der Waals surface area contributed by atoms with Gasteiger partial charge >= 0.3 is 0 Å². The van der Waals surface area contributed by atoms with Crippen LogP contribution in [0.5, 0.6) is 0 Å². The van der Waals surface area contributed by atoms with Crippen molar-refractivity contribution in [3.05, 3.63) is 59.8 Å². The number of carbonyl (C=O) groups is 3. The molecule has 0 spiro atoms. The fourth-order valence-corrected chi connectivity index (χ4v) is 4.76. The van der Waals surface area contributed by atoms with Gasteiger partial charge in [-0.15, -0.1) is 0 Å². The third-order valence-electron chi connectivity index (χ3n) is 6.59. The fraction of sp³-hybridized carbons (Fsp3) is 0.500. The van der Waals surface area contributed by atoms with E-state index < -0.39 is 23.7 Å². The SMILES string of the molecule is O=C(NCC(=O)N(C[C@@H]1CCCO1)[C@H](C(=O)NC1CCCCC1)c1ccc(F)cc1)c1ccco1. The van der Waals surface area contributed by atoms with Gasteiger partial charge in [-0.2, -0.15) is 0 Å². The Kier molecular flexibility index (Phi) is 8.52. The van der Waals surface area contributed by atoms with E-state index >= 15 is 0 Å². The van der Waals surface area contributed by atoms with Crippen molar-refractivity contribution in [3.8, 4) is 0 Å². The van der Waals surface area contributed by atoms with Gasteiger partial charge in [0.15, 0.2) is 5.76 Å². The Morgan fingerprint density at radius 3 is 2.46 bits per heavy atom. The lowest BCUT2D eigenvalue weighted by atomic mass is 9.94. The molecule has 2 fully saturated rings. The first kappa shape index (κ1) is 24.9. The van der Waals surface area contributed by atoms with Crippen molar-refractivity contribution in [2.24, 2.45) is 0 Å². The van der Waals surface area contributed by atoms with E-state index in [1.54, 1.807) is 6.07 Å². The van der Waals surface area contributed by atoms with E-state index in [1.165, 1.54) is 41.5 Å². The van der Waals surface area contributed by atoms with Crippen LogP contribution in [0.2, 0.25) is 0 Å². The van der Waals surface area contributed by atoms with Crippen LogP contribution in [0.4, 0.5) is 4.39 Å². The van der Waals surface area contributed by atoms with Crippen LogP contribution in [-0.4, -0.2) is 54.5 Å². The van der Waals surface area contributed by atoms with Gasteiger partial charge in [-0.25, -0.2) is 4.39 Å². The Morgan fingerprint density at radius 2 is 1.80 bits per heavy atom. The molecule has 0 radical (unpaired) electrons. The molecule has 4 rings (SSSR count). The number of benzene rings is 1. The Labute approximate surface area is 204 Å². The van der Waals surface area contributed by atoms with Crippen molar-refractivity contribution >= 4 is 17.7 Å². The second-order valence-corrected chi connectivity index (χ2v) is 9.14. The van der Waals surface area contributed by atoms with Gasteiger partial charge < -0.3 is 24.7 Å². The summed E-state index contributed by atoms with van der Waals surface area (Å²) in [5.41, 5.74) is 0.503. The molecule has 3 amide bonds. The molecule has 8 nitrogen and oxygen atoms in total. The zero-order valence-corrected chi connectivity index (χ0v) is 19.7. The summed E-state index contributed by atoms with van der Waals surface area (Å²) >= 11 is 0. The van der Waals surface area contributed by atoms with Crippen LogP contribution in [0.3, 0.4) is 0 Å². The van der Waals surface area contributed by atoms with Gasteiger partial charge in [-0.1, -0.05) is 31.4 Å². The highest BCUT2D eigenvalue weighted by molar-refractivity contribution is 5.95. The van der Waals surface area contributed by atoms with Gasteiger partial charge in [0.05, 0.1) is 18.9 Å². The van der Waals surface area contributed by atoms with E-state index in [2.05, 4.69) is 10.6 Å². The molecule has 1 aliphatic heterocycles. The normalized spacial score (nSPS) is 19.2. The maximum absolute atomic E-state index is 13.7. The number of amides is 3. The number of hydrogen-bond donors (Lipinski definition) is 2. The van der Waals surface area contributed by atoms with Gasteiger partial charge in [0.2, 0.25) is 11.8 Å². The molecule has 2 aliphatic rings. The van der Waals surface area contributed by atoms with Gasteiger partial charge in [-0.05, 0) is 55.5 Å². The standard InChI is InChI=1S/C26H32FN3O5/c27-19-12-10-18(11-13-19)24(26(33)29-20-6-2-1-3-7-20)30(17-21-8-4-14-34-21)23(31)16-28-25(32)22-9-5-15-35-22/h5,9-13,15,20-21,24H,1-4,6-8,14,16-17H2,(H,28,32)(H,29,33)/t21-,24-/m0/s1. The van der Waals surface area contributed by atoms with Crippen molar-refractivity contribution in [3.63, 3.8) is 0 Å². The van der Waals surface area contributed by atoms with E-state index in [1.807, 2.05) is 0 Å². The molecule has 1 aromatic heterocycles. The maximum Gasteiger partial charge on any atom is 0.287 e. The van der Waals surface area contributed by atoms with Gasteiger partial charge in [0.25, 0.3) is 5.91 Å². The number of ether oxygens (including phenoxy) is 1. The highest BCUT2D eigenvalue weighted by atomic mass is 19.1. The molecule has 1 saturated carbocycles. The third-order valence-corrected chi connectivity index (χ3v) is 6.59. The van der Waals surface area contributed by atoms with Crippen LogP contribution in [0, 0.1) is 5.82 Å². The molecule has 188 valence electrons. The van der Waals surface area contributed by atoms with Gasteiger partial charge in [-0.3, -0.25) is 14.4 Å². The predicted molar refractivity (Wildman–Crippen MR) is 126 cm³/mol. The van der Waals surface area contributed by atoms with E-state index in [4.69, 9.17) is 9.15 Å². The summed E-state index contributed by atoms with van der Waals surface area (Å²) in [6.45, 7) is 0.466. The molecule has 1 aromatic carbocycles. The highest BCUT2D eigenvalue weighted by Crippen LogP contribution is 2.26. The Bertz CT molecular complexity index is 983. The summed E-state index contributed by atoms with van der Waals surface area (Å²) in [5, 5.41) is 5.68. The van der Waals surface area contributed by atoms with Crippen LogP contribution in [0.1, 0.15) is 67.1 Å². The molecule has 2 aromatic rings. The van der Waals surface area contributed by atoms with Crippen LogP contribution in [-0.2, 0) is 14.3 Å². The molecule has 0 unspecified atom stereocenters. The first-order valence-electron chi connectivity index (χ1n) is 12.3. The zero-order valence-electron chi connectivity index (χ0n) is 19.7. The second-order valence-electron chi connectivity index (χ2n) is 9.14. The minimum atomic E-state index is -0.977. The first-order chi connectivity index (χ1) is 17.0. The van der Waals surface area contributed by atoms with Crippen LogP contribution < -0.4 is 10.6 Å². The van der Waals surface area contributed by atoms with Gasteiger partial charge in [0, 0.05) is 19.2 Å². The lowest BCUT2D eigenvalue weighted by Crippen LogP contribution is -2.51. The van der Waals surface area contributed by atoms with Crippen molar-refractivity contribution < 1.29 is 27.9 Å². The van der Waals surface area contributed by atoms with E-state index in [-0.39, 0.29) is 36.9 Å². The molecular weight excluding hydrogens is 453 g/mol. The van der Waals surface area contributed by atoms with Crippen LogP contribution >= 0.6 is 0 Å². The molecule has 2 heterocycles. The quantitative estimate of drug-likeness (QED) is 0.567. The summed E-state index contributed by atoms with van der Waals surface area (Å²) in [6, 6.07) is 7.76. The number of nitrogens with one attached hydrogen (secondary N) is 2. The second kappa shape index (κ2) is 12.0. The fourth-order valence-electron chi connectivity index (χ4n) is 4.76. The summed E-state index contributed by atoms with van der Waals surface area (Å²) < 4.78 is 24.6. The van der Waals surface area contributed by atoms with E-state index in [0.29, 0.717) is 12.2 Å². The lowest BCUT2D eigenvalue weighted by Gasteiger charge is -2.34. The topological polar surface area (TPSA) is 101 Å². The minimum Gasteiger partial charge on any atom is -0.459 e. The monoisotopic (exact) mass is 485 g/mol. The number of carbonyl (C=O) groups excluding carboxylic acids is 3. The van der Waals surface area contributed by atoms with E-state index in [9.17, 15) is 18.8 Å². The molecule has 35 heavy (non-hydrogen) atoms. The van der Waals surface area contributed by atoms with Crippen molar-refractivity contribution in [2.75, 3.05) is 19.7 Å². The zero-order chi connectivity index (χ0) is 24.6. The summed E-state index contributed by atoms with van der Waals surface area (Å²) in [4.78, 5) is 40.8. The molecule has 2 N–H and O–H groups in total. The largest absolute Gasteiger partial charge is 0.459 e. The molecule has 0 bridgehead atoms. The number of hydrogen-bond acceptors (Lipinski definition) is 5. The first-order valence-corrected chi connectivity index (χ1v) is 12.3. The molecular formula is C26H32FN3O5. The molecule has 1 aliphatic carbocycles. The number of nitrogens with zero attached hydrogens (tertiary/aromatic N) is 1. The summed E-state index contributed by atoms with van der Waals surface area (Å²) in [5.74, 6) is -1.61. The number of halogens is 1. The van der Waals surface area contributed by atoms with Crippen LogP contribution in [0.25, 0.3) is 0 Å². The Balaban J connectivity index is 1.57.